The molecule has 6 nitrogen and oxygen atoms in total. The molecule has 466 valence electrons. The van der Waals surface area contributed by atoms with Crippen LogP contribution in [-0.2, 0) is 28.6 Å². The van der Waals surface area contributed by atoms with Crippen LogP contribution in [0.3, 0.4) is 0 Å². The maximum Gasteiger partial charge on any atom is 0.306 e. The van der Waals surface area contributed by atoms with Crippen molar-refractivity contribution in [2.24, 2.45) is 0 Å². The standard InChI is InChI=1S/C77H122O6/c1-4-7-10-13-16-19-22-25-27-29-31-33-35-37-38-40-41-43-45-47-49-52-55-58-61-64-67-70-76(79)82-73-74(72-81-75(78)69-66-63-60-57-54-51-24-21-18-15-12-9-6-3)83-77(80)71-68-65-62-59-56-53-50-48-46-44-42-39-36-34-32-30-28-26-23-20-17-14-11-8-5-2/h7-12,16-21,25-28,31-34,37-38,41,43,51,54,60,63,74H,4-6,13-15,22-24,29-30,35-36,39-40,42,44-50,52-53,55-59,61-62,64-73H2,1-3H3/b10-7-,11-8-,12-9-,19-16-,20-17-,21-18-,27-25-,28-26-,33-31-,34-32-,38-37-,43-41-,54-51-,63-60-. The van der Waals surface area contributed by atoms with Gasteiger partial charge in [-0.05, 0) is 135 Å². The van der Waals surface area contributed by atoms with Gasteiger partial charge in [0.25, 0.3) is 0 Å². The van der Waals surface area contributed by atoms with Gasteiger partial charge in [-0.25, -0.2) is 0 Å². The molecular formula is C77H122O6. The minimum absolute atomic E-state index is 0.112. The van der Waals surface area contributed by atoms with Crippen LogP contribution >= 0.6 is 0 Å². The molecule has 0 amide bonds. The van der Waals surface area contributed by atoms with E-state index in [2.05, 4.69) is 185 Å². The molecule has 1 atom stereocenters. The molecule has 0 bridgehead atoms. The van der Waals surface area contributed by atoms with Gasteiger partial charge < -0.3 is 14.2 Å². The highest BCUT2D eigenvalue weighted by Crippen LogP contribution is 2.16. The molecule has 1 unspecified atom stereocenters. The van der Waals surface area contributed by atoms with E-state index in [0.29, 0.717) is 19.3 Å². The summed E-state index contributed by atoms with van der Waals surface area (Å²) in [5.74, 6) is -1.01. The molecule has 0 N–H and O–H groups in total. The van der Waals surface area contributed by atoms with Crippen molar-refractivity contribution in [1.82, 2.24) is 0 Å². The molecule has 0 aromatic rings. The van der Waals surface area contributed by atoms with Gasteiger partial charge in [0, 0.05) is 19.3 Å². The summed E-state index contributed by atoms with van der Waals surface area (Å²) in [5, 5.41) is 0. The molecule has 6 heteroatoms. The Hall–Kier alpha value is -5.23. The number of ether oxygens (including phenoxy) is 3. The van der Waals surface area contributed by atoms with Crippen LogP contribution in [0.4, 0.5) is 0 Å². The Bertz CT molecular complexity index is 1890. The number of rotatable bonds is 59. The number of hydrogen-bond acceptors (Lipinski definition) is 6. The van der Waals surface area contributed by atoms with E-state index in [-0.39, 0.29) is 37.5 Å². The van der Waals surface area contributed by atoms with Crippen LogP contribution in [0.2, 0.25) is 0 Å². The molecule has 83 heavy (non-hydrogen) atoms. The first-order valence-corrected chi connectivity index (χ1v) is 33.6. The quantitative estimate of drug-likeness (QED) is 0.0261. The summed E-state index contributed by atoms with van der Waals surface area (Å²) in [6.07, 6.45) is 102. The zero-order valence-electron chi connectivity index (χ0n) is 53.4. The van der Waals surface area contributed by atoms with Crippen LogP contribution in [0.5, 0.6) is 0 Å². The third-order valence-corrected chi connectivity index (χ3v) is 13.7. The largest absolute Gasteiger partial charge is 0.462 e. The van der Waals surface area contributed by atoms with Gasteiger partial charge in [0.1, 0.15) is 13.2 Å². The monoisotopic (exact) mass is 1140 g/mol. The average Bonchev–Trinajstić information content (AvgIpc) is 3.49. The van der Waals surface area contributed by atoms with Crippen LogP contribution in [0, 0.1) is 0 Å². The van der Waals surface area contributed by atoms with Gasteiger partial charge in [-0.1, -0.05) is 294 Å². The fourth-order valence-corrected chi connectivity index (χ4v) is 8.80. The van der Waals surface area contributed by atoms with E-state index < -0.39 is 6.10 Å². The molecule has 0 aromatic carbocycles. The second-order valence-corrected chi connectivity index (χ2v) is 21.6. The second-order valence-electron chi connectivity index (χ2n) is 21.6. The molecule has 0 spiro atoms. The Labute approximate surface area is 511 Å². The lowest BCUT2D eigenvalue weighted by molar-refractivity contribution is -0.166. The molecule has 0 fully saturated rings. The smallest absolute Gasteiger partial charge is 0.306 e. The summed E-state index contributed by atoms with van der Waals surface area (Å²) in [5.41, 5.74) is 0. The summed E-state index contributed by atoms with van der Waals surface area (Å²) >= 11 is 0. The third-order valence-electron chi connectivity index (χ3n) is 13.7. The van der Waals surface area contributed by atoms with Gasteiger partial charge >= 0.3 is 17.9 Å². The van der Waals surface area contributed by atoms with Crippen LogP contribution in [0.25, 0.3) is 0 Å². The Morgan fingerprint density at radius 2 is 0.458 bits per heavy atom. The van der Waals surface area contributed by atoms with E-state index in [0.717, 1.165) is 135 Å². The number of unbranched alkanes of at least 4 members (excludes halogenated alkanes) is 20. The number of carbonyl (C=O) groups is 3. The van der Waals surface area contributed by atoms with Crippen molar-refractivity contribution in [2.75, 3.05) is 13.2 Å². The van der Waals surface area contributed by atoms with Gasteiger partial charge in [0.2, 0.25) is 0 Å². The lowest BCUT2D eigenvalue weighted by Crippen LogP contribution is -2.30. The number of esters is 3. The van der Waals surface area contributed by atoms with Crippen molar-refractivity contribution in [3.8, 4) is 0 Å². The van der Waals surface area contributed by atoms with Crippen molar-refractivity contribution in [3.05, 3.63) is 170 Å². The van der Waals surface area contributed by atoms with Crippen LogP contribution in [0.1, 0.15) is 278 Å². The third kappa shape index (κ3) is 67.4. The summed E-state index contributed by atoms with van der Waals surface area (Å²) in [6, 6.07) is 0. The molecule has 0 aliphatic heterocycles. The zero-order valence-corrected chi connectivity index (χ0v) is 53.4. The van der Waals surface area contributed by atoms with E-state index >= 15 is 0 Å². The Balaban J connectivity index is 4.39. The Morgan fingerprint density at radius 3 is 0.747 bits per heavy atom. The van der Waals surface area contributed by atoms with Crippen molar-refractivity contribution in [3.63, 3.8) is 0 Å². The van der Waals surface area contributed by atoms with E-state index in [1.54, 1.807) is 0 Å². The predicted octanol–water partition coefficient (Wildman–Crippen LogP) is 23.4. The Morgan fingerprint density at radius 1 is 0.241 bits per heavy atom. The van der Waals surface area contributed by atoms with Gasteiger partial charge in [-0.3, -0.25) is 14.4 Å². The molecule has 0 heterocycles. The first-order valence-electron chi connectivity index (χ1n) is 33.6. The fourth-order valence-electron chi connectivity index (χ4n) is 8.80. The summed E-state index contributed by atoms with van der Waals surface area (Å²) in [7, 11) is 0. The van der Waals surface area contributed by atoms with E-state index in [1.165, 1.54) is 96.3 Å². The van der Waals surface area contributed by atoms with E-state index in [4.69, 9.17) is 14.2 Å². The number of hydrogen-bond donors (Lipinski definition) is 0. The SMILES string of the molecule is CC/C=C\C/C=C\C/C=C\C/C=C\C/C=C\C/C=C\CCCCCCCCCCC(=O)OCC(COC(=O)CC/C=C\C/C=C\C/C=C\C/C=C\CC)OC(=O)CCCCCCCCCCCCCC/C=C\C/C=C\C/C=C\C/C=C\CC. The molecule has 0 saturated carbocycles. The molecule has 0 aliphatic carbocycles. The van der Waals surface area contributed by atoms with Gasteiger partial charge in [-0.15, -0.1) is 0 Å². The molecule has 0 rings (SSSR count). The molecule has 0 saturated heterocycles. The van der Waals surface area contributed by atoms with Crippen molar-refractivity contribution < 1.29 is 28.6 Å². The zero-order chi connectivity index (χ0) is 59.9. The molecular weight excluding hydrogens is 1020 g/mol. The first-order chi connectivity index (χ1) is 41.0. The second kappa shape index (κ2) is 69.3. The minimum atomic E-state index is -0.822. The van der Waals surface area contributed by atoms with Crippen LogP contribution in [0.15, 0.2) is 170 Å². The summed E-state index contributed by atoms with van der Waals surface area (Å²) in [4.78, 5) is 38.3. The molecule has 0 aliphatic rings. The van der Waals surface area contributed by atoms with Crippen LogP contribution < -0.4 is 0 Å². The topological polar surface area (TPSA) is 78.9 Å². The van der Waals surface area contributed by atoms with Crippen molar-refractivity contribution >= 4 is 17.9 Å². The highest BCUT2D eigenvalue weighted by Gasteiger charge is 2.19. The lowest BCUT2D eigenvalue weighted by Gasteiger charge is -2.18. The van der Waals surface area contributed by atoms with Gasteiger partial charge in [0.15, 0.2) is 6.10 Å². The van der Waals surface area contributed by atoms with Crippen molar-refractivity contribution in [1.29, 1.82) is 0 Å². The number of allylic oxidation sites excluding steroid dienone is 28. The van der Waals surface area contributed by atoms with E-state index in [9.17, 15) is 14.4 Å². The molecule has 0 radical (unpaired) electrons. The maximum absolute atomic E-state index is 12.9. The minimum Gasteiger partial charge on any atom is -0.462 e. The number of carbonyl (C=O) groups excluding carboxylic acids is 3. The highest BCUT2D eigenvalue weighted by atomic mass is 16.6. The van der Waals surface area contributed by atoms with Crippen molar-refractivity contribution in [2.45, 2.75) is 284 Å². The maximum atomic E-state index is 12.9. The van der Waals surface area contributed by atoms with Gasteiger partial charge in [-0.2, -0.15) is 0 Å². The average molecular weight is 1140 g/mol. The lowest BCUT2D eigenvalue weighted by atomic mass is 10.0. The summed E-state index contributed by atoms with van der Waals surface area (Å²) < 4.78 is 16.9. The fraction of sp³-hybridized carbons (Fsp3) is 0.597. The van der Waals surface area contributed by atoms with E-state index in [1.807, 2.05) is 6.08 Å². The first kappa shape index (κ1) is 77.8. The predicted molar refractivity (Wildman–Crippen MR) is 361 cm³/mol. The van der Waals surface area contributed by atoms with Gasteiger partial charge in [0.05, 0.1) is 0 Å². The highest BCUT2D eigenvalue weighted by molar-refractivity contribution is 5.71. The van der Waals surface area contributed by atoms with Crippen LogP contribution in [-0.4, -0.2) is 37.2 Å². The normalized spacial score (nSPS) is 13.2. The Kier molecular flexibility index (Phi) is 64.9. The molecule has 0 aromatic heterocycles. The summed E-state index contributed by atoms with van der Waals surface area (Å²) in [6.45, 7) is 6.23.